The van der Waals surface area contributed by atoms with E-state index in [2.05, 4.69) is 5.32 Å². The maximum atomic E-state index is 14.1. The van der Waals surface area contributed by atoms with Crippen LogP contribution in [0.25, 0.3) is 0 Å². The first-order valence-electron chi connectivity index (χ1n) is 8.95. The Kier molecular flexibility index (Phi) is 5.18. The van der Waals surface area contributed by atoms with E-state index in [-0.39, 0.29) is 24.3 Å². The number of likely N-dealkylation sites (tertiary alicyclic amines) is 1. The van der Waals surface area contributed by atoms with Crippen molar-refractivity contribution in [3.05, 3.63) is 35.6 Å². The van der Waals surface area contributed by atoms with Crippen LogP contribution in [0.3, 0.4) is 0 Å². The van der Waals surface area contributed by atoms with Crippen LogP contribution in [0.4, 0.5) is 9.18 Å². The van der Waals surface area contributed by atoms with Crippen LogP contribution in [0.2, 0.25) is 0 Å². The Morgan fingerprint density at radius 3 is 2.77 bits per heavy atom. The Morgan fingerprint density at radius 2 is 2.15 bits per heavy atom. The van der Waals surface area contributed by atoms with Crippen molar-refractivity contribution >= 4 is 12.0 Å². The van der Waals surface area contributed by atoms with Crippen molar-refractivity contribution < 1.29 is 23.8 Å². The number of carboxylic acids is 1. The van der Waals surface area contributed by atoms with Gasteiger partial charge in [-0.3, -0.25) is 4.79 Å². The fourth-order valence-electron chi connectivity index (χ4n) is 4.46. The van der Waals surface area contributed by atoms with Crippen molar-refractivity contribution in [1.82, 2.24) is 10.2 Å². The summed E-state index contributed by atoms with van der Waals surface area (Å²) in [6.07, 6.45) is 1.71. The van der Waals surface area contributed by atoms with E-state index in [1.807, 2.05) is 0 Å². The molecule has 1 aliphatic heterocycles. The van der Waals surface area contributed by atoms with E-state index < -0.39 is 23.5 Å². The topological polar surface area (TPSA) is 78.9 Å². The SMILES string of the molecule is COC(c1ccccc1F)C(C)NC(=O)N1C[C@@H]2CCC[C@@]2(C(=O)O)C1. The monoisotopic (exact) mass is 364 g/mol. The number of nitrogens with zero attached hydrogens (tertiary/aromatic N) is 1. The molecular formula is C19H25FN2O4. The first-order valence-corrected chi connectivity index (χ1v) is 8.95. The molecule has 3 rings (SSSR count). The standard InChI is InChI=1S/C19H25FN2O4/c1-12(16(26-2)14-7-3-4-8-15(14)20)21-18(25)22-10-13-6-5-9-19(13,11-22)17(23)24/h3-4,7-8,12-13,16H,5-6,9-11H2,1-2H3,(H,21,25)(H,23,24)/t12?,13-,16?,19+/m0/s1. The van der Waals surface area contributed by atoms with Crippen LogP contribution in [0.15, 0.2) is 24.3 Å². The number of carboxylic acid groups (broad SMARTS) is 1. The zero-order valence-electron chi connectivity index (χ0n) is 15.1. The number of hydrogen-bond donors (Lipinski definition) is 2. The summed E-state index contributed by atoms with van der Waals surface area (Å²) in [5.74, 6) is -1.20. The third kappa shape index (κ3) is 3.16. The van der Waals surface area contributed by atoms with Gasteiger partial charge in [0.05, 0.1) is 11.5 Å². The highest BCUT2D eigenvalue weighted by Crippen LogP contribution is 2.48. The fourth-order valence-corrected chi connectivity index (χ4v) is 4.46. The number of urea groups is 1. The highest BCUT2D eigenvalue weighted by Gasteiger charge is 2.55. The number of nitrogens with one attached hydrogen (secondary N) is 1. The number of benzene rings is 1. The second-order valence-electron chi connectivity index (χ2n) is 7.35. The molecule has 2 amide bonds. The molecule has 1 aliphatic carbocycles. The van der Waals surface area contributed by atoms with Crippen LogP contribution in [0, 0.1) is 17.2 Å². The number of halogens is 1. The minimum Gasteiger partial charge on any atom is -0.481 e. The summed E-state index contributed by atoms with van der Waals surface area (Å²) in [7, 11) is 1.47. The number of fused-ring (bicyclic) bond motifs is 1. The van der Waals surface area contributed by atoms with Crippen LogP contribution in [0.5, 0.6) is 0 Å². The van der Waals surface area contributed by atoms with Gasteiger partial charge in [-0.05, 0) is 31.7 Å². The molecule has 142 valence electrons. The number of aliphatic carboxylic acids is 1. The Labute approximate surface area is 152 Å². The lowest BCUT2D eigenvalue weighted by Gasteiger charge is -2.28. The molecule has 1 heterocycles. The average Bonchev–Trinajstić information content (AvgIpc) is 3.15. The molecule has 26 heavy (non-hydrogen) atoms. The van der Waals surface area contributed by atoms with E-state index in [1.54, 1.807) is 30.0 Å². The summed E-state index contributed by atoms with van der Waals surface area (Å²) in [6.45, 7) is 2.42. The minimum absolute atomic E-state index is 0.00541. The molecule has 2 N–H and O–H groups in total. The molecule has 0 bridgehead atoms. The molecule has 1 aromatic carbocycles. The van der Waals surface area contributed by atoms with Gasteiger partial charge in [-0.15, -0.1) is 0 Å². The molecule has 1 saturated heterocycles. The number of ether oxygens (including phenoxy) is 1. The molecule has 7 heteroatoms. The Bertz CT molecular complexity index is 698. The van der Waals surface area contributed by atoms with Crippen LogP contribution in [0.1, 0.15) is 37.9 Å². The first-order chi connectivity index (χ1) is 12.4. The number of methoxy groups -OCH3 is 1. The lowest BCUT2D eigenvalue weighted by atomic mass is 9.81. The first kappa shape index (κ1) is 18.6. The molecule has 1 aromatic rings. The van der Waals surface area contributed by atoms with Gasteiger partial charge in [-0.1, -0.05) is 24.6 Å². The van der Waals surface area contributed by atoms with Gasteiger partial charge in [0.1, 0.15) is 11.9 Å². The highest BCUT2D eigenvalue weighted by atomic mass is 19.1. The third-order valence-corrected chi connectivity index (χ3v) is 5.85. The van der Waals surface area contributed by atoms with Crippen molar-refractivity contribution in [2.45, 2.75) is 38.3 Å². The molecule has 2 unspecified atom stereocenters. The van der Waals surface area contributed by atoms with Gasteiger partial charge in [0.2, 0.25) is 0 Å². The average molecular weight is 364 g/mol. The summed E-state index contributed by atoms with van der Waals surface area (Å²) in [4.78, 5) is 26.0. The van der Waals surface area contributed by atoms with Crippen molar-refractivity contribution in [3.8, 4) is 0 Å². The lowest BCUT2D eigenvalue weighted by molar-refractivity contribution is -0.149. The zero-order valence-corrected chi connectivity index (χ0v) is 15.1. The minimum atomic E-state index is -0.815. The van der Waals surface area contributed by atoms with Gasteiger partial charge in [-0.2, -0.15) is 0 Å². The lowest BCUT2D eigenvalue weighted by Crippen LogP contribution is -2.46. The summed E-state index contributed by atoms with van der Waals surface area (Å²) in [5.41, 5.74) is -0.435. The van der Waals surface area contributed by atoms with E-state index in [0.29, 0.717) is 18.5 Å². The molecule has 0 radical (unpaired) electrons. The predicted molar refractivity (Wildman–Crippen MR) is 93.1 cm³/mol. The smallest absolute Gasteiger partial charge is 0.317 e. The normalized spacial score (nSPS) is 27.0. The number of rotatable bonds is 5. The van der Waals surface area contributed by atoms with Gasteiger partial charge in [0.15, 0.2) is 0 Å². The van der Waals surface area contributed by atoms with E-state index in [1.165, 1.54) is 13.2 Å². The largest absolute Gasteiger partial charge is 0.481 e. The van der Waals surface area contributed by atoms with Crippen molar-refractivity contribution in [2.75, 3.05) is 20.2 Å². The summed E-state index contributed by atoms with van der Waals surface area (Å²) < 4.78 is 19.5. The van der Waals surface area contributed by atoms with Crippen molar-refractivity contribution in [2.24, 2.45) is 11.3 Å². The molecule has 6 nitrogen and oxygen atoms in total. The molecule has 1 saturated carbocycles. The molecule has 2 aliphatic rings. The van der Waals surface area contributed by atoms with Crippen molar-refractivity contribution in [1.29, 1.82) is 0 Å². The van der Waals surface area contributed by atoms with Crippen LogP contribution < -0.4 is 5.32 Å². The van der Waals surface area contributed by atoms with Crippen LogP contribution in [-0.2, 0) is 9.53 Å². The molecule has 2 fully saturated rings. The zero-order chi connectivity index (χ0) is 18.9. The number of carbonyl (C=O) groups excluding carboxylic acids is 1. The third-order valence-electron chi connectivity index (χ3n) is 5.85. The molecule has 0 aromatic heterocycles. The molecule has 4 atom stereocenters. The van der Waals surface area contributed by atoms with Gasteiger partial charge in [0.25, 0.3) is 0 Å². The predicted octanol–water partition coefficient (Wildman–Crippen LogP) is 2.80. The summed E-state index contributed by atoms with van der Waals surface area (Å²) in [5, 5.41) is 12.5. The number of amides is 2. The second-order valence-corrected chi connectivity index (χ2v) is 7.35. The fraction of sp³-hybridized carbons (Fsp3) is 0.579. The summed E-state index contributed by atoms with van der Waals surface area (Å²) >= 11 is 0. The van der Waals surface area contributed by atoms with Gasteiger partial charge in [-0.25, -0.2) is 9.18 Å². The van der Waals surface area contributed by atoms with E-state index in [9.17, 15) is 19.1 Å². The van der Waals surface area contributed by atoms with Gasteiger partial charge >= 0.3 is 12.0 Å². The quantitative estimate of drug-likeness (QED) is 0.842. The molecular weight excluding hydrogens is 339 g/mol. The van der Waals surface area contributed by atoms with Crippen LogP contribution >= 0.6 is 0 Å². The van der Waals surface area contributed by atoms with E-state index >= 15 is 0 Å². The maximum absolute atomic E-state index is 14.1. The van der Waals surface area contributed by atoms with Crippen LogP contribution in [-0.4, -0.2) is 48.2 Å². The summed E-state index contributed by atoms with van der Waals surface area (Å²) in [6, 6.07) is 5.51. The van der Waals surface area contributed by atoms with E-state index in [4.69, 9.17) is 4.74 Å². The molecule has 0 spiro atoms. The number of hydrogen-bond acceptors (Lipinski definition) is 3. The van der Waals surface area contributed by atoms with Gasteiger partial charge < -0.3 is 20.1 Å². The highest BCUT2D eigenvalue weighted by molar-refractivity contribution is 5.80. The van der Waals surface area contributed by atoms with E-state index in [0.717, 1.165) is 12.8 Å². The van der Waals surface area contributed by atoms with Crippen molar-refractivity contribution in [3.63, 3.8) is 0 Å². The Morgan fingerprint density at radius 1 is 1.42 bits per heavy atom. The maximum Gasteiger partial charge on any atom is 0.317 e. The number of carbonyl (C=O) groups is 2. The Hall–Kier alpha value is -2.15. The van der Waals surface area contributed by atoms with Gasteiger partial charge in [0, 0.05) is 25.8 Å². The second kappa shape index (κ2) is 7.23. The Balaban J connectivity index is 1.68.